The number of aliphatic hydroxyl groups is 1. The molecule has 77 heavy (non-hydrogen) atoms. The van der Waals surface area contributed by atoms with Crippen molar-refractivity contribution in [1.82, 2.24) is 40.5 Å². The molecule has 3 aliphatic rings. The van der Waals surface area contributed by atoms with E-state index in [1.807, 2.05) is 70.7 Å². The first-order valence-corrected chi connectivity index (χ1v) is 27.3. The Morgan fingerprint density at radius 1 is 0.909 bits per heavy atom. The van der Waals surface area contributed by atoms with Gasteiger partial charge in [0.05, 0.1) is 37.8 Å². The van der Waals surface area contributed by atoms with Gasteiger partial charge in [0.1, 0.15) is 17.9 Å². The summed E-state index contributed by atoms with van der Waals surface area (Å²) in [6, 6.07) is 15.9. The lowest BCUT2D eigenvalue weighted by Gasteiger charge is -2.44. The lowest BCUT2D eigenvalue weighted by molar-refractivity contribution is -0.144. The van der Waals surface area contributed by atoms with E-state index in [2.05, 4.69) is 36.4 Å². The summed E-state index contributed by atoms with van der Waals surface area (Å²) in [4.78, 5) is 91.6. The Balaban J connectivity index is 0.741. The standard InChI is InChI=1S/C55H63Cl2FN10O8S/c1-30-26-66(53(74)35-17-19-36(20-18-35)61-50(72)40-24-42-49(65-64-40)63-52(76-42)45-38(56)21-22-39(58)46(45)57)27-31(2)68(30)44(71)12-10-8-7-9-11-43(70)62-48(55(4,5)6)54(75)67-28-37(69)23-41(67)51(73)59-25-33-13-15-34(16-14-33)47-32(3)60-29-77-47/h13-22,24,29-31,37,41,48,52,69H,7-12,23,25-28H2,1-6H3,(H,59,73)(H,61,72)(H,62,70)(H,63,65)/t30-,31+,37-,41+,48-,52+/m1/s1. The number of nitrogens with zero attached hydrogens (tertiary/aromatic N) is 6. The van der Waals surface area contributed by atoms with Crippen molar-refractivity contribution < 1.29 is 43.0 Å². The number of aliphatic hydroxyl groups excluding tert-OH is 1. The monoisotopic (exact) mass is 1110 g/mol. The normalized spacial score (nSPS) is 19.5. The summed E-state index contributed by atoms with van der Waals surface area (Å²) in [6.45, 7) is 12.2. The van der Waals surface area contributed by atoms with Gasteiger partial charge in [0.25, 0.3) is 11.8 Å². The van der Waals surface area contributed by atoms with Gasteiger partial charge in [-0.15, -0.1) is 21.5 Å². The molecule has 3 aromatic carbocycles. The molecule has 2 saturated heterocycles. The first-order chi connectivity index (χ1) is 36.7. The molecular weight excluding hydrogens is 1050 g/mol. The van der Waals surface area contributed by atoms with Gasteiger partial charge in [-0.2, -0.15) is 0 Å². The van der Waals surface area contributed by atoms with Crippen LogP contribution < -0.4 is 26.0 Å². The number of carbonyl (C=O) groups excluding carboxylic acids is 6. The van der Waals surface area contributed by atoms with Gasteiger partial charge >= 0.3 is 0 Å². The van der Waals surface area contributed by atoms with Crippen LogP contribution in [0.25, 0.3) is 10.4 Å². The highest BCUT2D eigenvalue weighted by molar-refractivity contribution is 7.13. The number of amides is 6. The first kappa shape index (κ1) is 56.5. The number of hydrogen-bond donors (Lipinski definition) is 5. The Morgan fingerprint density at radius 2 is 1.60 bits per heavy atom. The number of halogens is 3. The highest BCUT2D eigenvalue weighted by Crippen LogP contribution is 2.42. The number of β-amino-alcohol motifs (C(OH)–C–C–N with tert-alkyl or cyclic N) is 1. The fraction of sp³-hybridized carbons (Fsp3) is 0.436. The minimum Gasteiger partial charge on any atom is -0.462 e. The summed E-state index contributed by atoms with van der Waals surface area (Å²) in [7, 11) is 0. The van der Waals surface area contributed by atoms with Gasteiger partial charge < -0.3 is 45.8 Å². The Labute approximate surface area is 460 Å². The zero-order valence-electron chi connectivity index (χ0n) is 43.7. The Morgan fingerprint density at radius 3 is 2.26 bits per heavy atom. The number of anilines is 2. The van der Waals surface area contributed by atoms with Crippen molar-refractivity contribution in [2.24, 2.45) is 5.41 Å². The molecule has 0 unspecified atom stereocenters. The Kier molecular flexibility index (Phi) is 17.8. The number of nitrogens with one attached hydrogen (secondary N) is 4. The van der Waals surface area contributed by atoms with Crippen LogP contribution in [-0.2, 0) is 25.7 Å². The third-order valence-corrected chi connectivity index (χ3v) is 15.7. The van der Waals surface area contributed by atoms with E-state index in [0.29, 0.717) is 56.4 Å². The highest BCUT2D eigenvalue weighted by atomic mass is 35.5. The number of benzene rings is 3. The van der Waals surface area contributed by atoms with Gasteiger partial charge in [-0.3, -0.25) is 28.8 Å². The quantitative estimate of drug-likeness (QED) is 0.0438. The molecule has 5 aromatic rings. The van der Waals surface area contributed by atoms with Crippen LogP contribution in [0.15, 0.2) is 72.2 Å². The molecule has 0 aliphatic carbocycles. The molecule has 22 heteroatoms. The number of carbonyl (C=O) groups is 6. The minimum atomic E-state index is -0.958. The predicted octanol–water partition coefficient (Wildman–Crippen LogP) is 8.32. The highest BCUT2D eigenvalue weighted by Gasteiger charge is 2.44. The summed E-state index contributed by atoms with van der Waals surface area (Å²) in [5, 5.41) is 30.1. The van der Waals surface area contributed by atoms with Gasteiger partial charge in [0.15, 0.2) is 17.3 Å². The molecule has 2 aromatic heterocycles. The maximum atomic E-state index is 14.2. The molecule has 6 atom stereocenters. The van der Waals surface area contributed by atoms with Crippen molar-refractivity contribution >= 4 is 81.5 Å². The third-order valence-electron chi connectivity index (χ3n) is 14.0. The van der Waals surface area contributed by atoms with E-state index in [4.69, 9.17) is 27.9 Å². The number of unbranched alkanes of at least 4 members (excludes halogenated alkanes) is 3. The third kappa shape index (κ3) is 13.3. The molecular formula is C55H63Cl2FN10O8S. The number of piperazine rings is 1. The van der Waals surface area contributed by atoms with Gasteiger partial charge in [-0.05, 0) is 86.6 Å². The molecule has 408 valence electrons. The lowest BCUT2D eigenvalue weighted by Crippen LogP contribution is -2.59. The second-order valence-electron chi connectivity index (χ2n) is 20.9. The maximum absolute atomic E-state index is 14.2. The van der Waals surface area contributed by atoms with Crippen LogP contribution in [0.2, 0.25) is 10.0 Å². The minimum absolute atomic E-state index is 0.00641. The van der Waals surface area contributed by atoms with Crippen LogP contribution in [0.4, 0.5) is 15.9 Å². The molecule has 0 saturated carbocycles. The molecule has 5 heterocycles. The molecule has 0 spiro atoms. The number of thiazole rings is 1. The largest absolute Gasteiger partial charge is 0.462 e. The van der Waals surface area contributed by atoms with E-state index in [1.165, 1.54) is 17.0 Å². The van der Waals surface area contributed by atoms with Crippen molar-refractivity contribution in [3.05, 3.63) is 116 Å². The summed E-state index contributed by atoms with van der Waals surface area (Å²) < 4.78 is 20.0. The molecule has 5 N–H and O–H groups in total. The van der Waals surface area contributed by atoms with Crippen LogP contribution in [0.1, 0.15) is 123 Å². The number of rotatable bonds is 17. The van der Waals surface area contributed by atoms with Crippen molar-refractivity contribution in [3.63, 3.8) is 0 Å². The Hall–Kier alpha value is -6.74. The zero-order chi connectivity index (χ0) is 55.3. The van der Waals surface area contributed by atoms with Crippen LogP contribution in [-0.4, -0.2) is 120 Å². The van der Waals surface area contributed by atoms with Crippen molar-refractivity contribution in [3.8, 4) is 16.2 Å². The first-order valence-electron chi connectivity index (χ1n) is 25.7. The van der Waals surface area contributed by atoms with E-state index in [9.17, 15) is 38.3 Å². The van der Waals surface area contributed by atoms with Gasteiger partial charge in [-0.25, -0.2) is 9.37 Å². The molecule has 2 fully saturated rings. The number of fused-ring (bicyclic) bond motifs is 1. The summed E-state index contributed by atoms with van der Waals surface area (Å²) in [5.74, 6) is -2.16. The molecule has 6 amide bonds. The second-order valence-corrected chi connectivity index (χ2v) is 22.6. The molecule has 0 bridgehead atoms. The smallest absolute Gasteiger partial charge is 0.276 e. The zero-order valence-corrected chi connectivity index (χ0v) is 46.0. The molecule has 0 radical (unpaired) electrons. The van der Waals surface area contributed by atoms with E-state index in [0.717, 1.165) is 27.8 Å². The topological polar surface area (TPSA) is 228 Å². The van der Waals surface area contributed by atoms with Crippen LogP contribution >= 0.6 is 34.5 Å². The summed E-state index contributed by atoms with van der Waals surface area (Å²) in [6.07, 6.45) is 1.33. The average molecular weight is 1110 g/mol. The Bertz CT molecular complexity index is 3000. The van der Waals surface area contributed by atoms with Crippen molar-refractivity contribution in [1.29, 1.82) is 0 Å². The van der Waals surface area contributed by atoms with E-state index >= 15 is 0 Å². The van der Waals surface area contributed by atoms with Crippen LogP contribution in [0.3, 0.4) is 0 Å². The number of aromatic nitrogens is 3. The van der Waals surface area contributed by atoms with Crippen molar-refractivity contribution in [2.75, 3.05) is 30.3 Å². The number of likely N-dealkylation sites (tertiary alicyclic amines) is 1. The second kappa shape index (κ2) is 24.3. The van der Waals surface area contributed by atoms with E-state index in [-0.39, 0.29) is 94.5 Å². The molecule has 18 nitrogen and oxygen atoms in total. The van der Waals surface area contributed by atoms with E-state index < -0.39 is 47.5 Å². The average Bonchev–Trinajstić information content (AvgIpc) is 4.17. The van der Waals surface area contributed by atoms with Gasteiger partial charge in [0, 0.05) is 74.8 Å². The van der Waals surface area contributed by atoms with E-state index in [1.54, 1.807) is 46.0 Å². The maximum Gasteiger partial charge on any atom is 0.276 e. The lowest BCUT2D eigenvalue weighted by atomic mass is 9.85. The SMILES string of the molecule is Cc1ncsc1-c1ccc(CNC(=O)[C@@H]2C[C@@H](O)CN2C(=O)[C@@H](NC(=O)CCCCCCC(=O)N2[C@H](C)CN(C(=O)c3ccc(NC(=O)c4cc5c(nn4)N[C@H](c4c(Cl)ccc(F)c4Cl)O5)cc3)C[C@@H]2C)C(C)(C)C)cc1. The molecule has 8 rings (SSSR count). The van der Waals surface area contributed by atoms with Crippen LogP contribution in [0, 0.1) is 18.2 Å². The fourth-order valence-electron chi connectivity index (χ4n) is 9.98. The van der Waals surface area contributed by atoms with Crippen LogP contribution in [0.5, 0.6) is 5.75 Å². The molecule has 3 aliphatic heterocycles. The van der Waals surface area contributed by atoms with Gasteiger partial charge in [-0.1, -0.05) is 81.1 Å². The summed E-state index contributed by atoms with van der Waals surface area (Å²) >= 11 is 14.0. The number of ether oxygens (including phenoxy) is 1. The number of aryl methyl sites for hydroxylation is 1. The predicted molar refractivity (Wildman–Crippen MR) is 291 cm³/mol. The van der Waals surface area contributed by atoms with Crippen molar-refractivity contribution in [2.45, 2.75) is 130 Å². The number of hydrogen-bond acceptors (Lipinski definition) is 13. The summed E-state index contributed by atoms with van der Waals surface area (Å²) in [5.41, 5.74) is 4.92. The van der Waals surface area contributed by atoms with Gasteiger partial charge in [0.2, 0.25) is 29.9 Å². The fourth-order valence-corrected chi connectivity index (χ4v) is 11.4.